The fourth-order valence-electron chi connectivity index (χ4n) is 4.13. The Morgan fingerprint density at radius 3 is 2.63 bits per heavy atom. The van der Waals surface area contributed by atoms with Gasteiger partial charge in [-0.1, -0.05) is 17.3 Å². The number of aryl methyl sites for hydroxylation is 1. The predicted octanol–water partition coefficient (Wildman–Crippen LogP) is 2.40. The Hall–Kier alpha value is -4.61. The number of nitro groups is 1. The topological polar surface area (TPSA) is 132 Å². The molecule has 5 rings (SSSR count). The van der Waals surface area contributed by atoms with Crippen molar-refractivity contribution in [2.24, 2.45) is 0 Å². The third-order valence-corrected chi connectivity index (χ3v) is 6.04. The summed E-state index contributed by atoms with van der Waals surface area (Å²) in [5.41, 5.74) is 2.65. The molecule has 12 nitrogen and oxygen atoms in total. The highest BCUT2D eigenvalue weighted by atomic mass is 16.6. The number of methoxy groups -OCH3 is 1. The van der Waals surface area contributed by atoms with Gasteiger partial charge in [-0.25, -0.2) is 9.97 Å². The molecule has 1 saturated heterocycles. The largest absolute Gasteiger partial charge is 0.497 e. The van der Waals surface area contributed by atoms with Crippen LogP contribution in [0.1, 0.15) is 15.9 Å². The van der Waals surface area contributed by atoms with E-state index in [1.807, 2.05) is 29.2 Å². The van der Waals surface area contributed by atoms with Gasteiger partial charge >= 0.3 is 0 Å². The van der Waals surface area contributed by atoms with Crippen LogP contribution >= 0.6 is 0 Å². The van der Waals surface area contributed by atoms with Crippen LogP contribution in [0.15, 0.2) is 48.8 Å². The molecule has 2 aromatic heterocycles. The van der Waals surface area contributed by atoms with Gasteiger partial charge in [0.2, 0.25) is 0 Å². The summed E-state index contributed by atoms with van der Waals surface area (Å²) in [6, 6.07) is 12.0. The zero-order chi connectivity index (χ0) is 24.5. The molecular formula is C23H22N8O4. The molecule has 0 bridgehead atoms. The molecule has 0 spiro atoms. The zero-order valence-corrected chi connectivity index (χ0v) is 19.2. The number of anilines is 1. The summed E-state index contributed by atoms with van der Waals surface area (Å²) in [6.45, 7) is 3.58. The predicted molar refractivity (Wildman–Crippen MR) is 127 cm³/mol. The smallest absolute Gasteiger partial charge is 0.273 e. The molecule has 1 fully saturated rings. The van der Waals surface area contributed by atoms with E-state index in [4.69, 9.17) is 4.74 Å². The first-order valence-corrected chi connectivity index (χ1v) is 11.0. The Bertz CT molecular complexity index is 1430. The molecule has 35 heavy (non-hydrogen) atoms. The van der Waals surface area contributed by atoms with Crippen LogP contribution in [-0.4, -0.2) is 74.0 Å². The third-order valence-electron chi connectivity index (χ3n) is 6.04. The Kier molecular flexibility index (Phi) is 5.69. The van der Waals surface area contributed by atoms with Crippen molar-refractivity contribution in [1.29, 1.82) is 0 Å². The lowest BCUT2D eigenvalue weighted by Gasteiger charge is -2.35. The van der Waals surface area contributed by atoms with Crippen LogP contribution < -0.4 is 9.64 Å². The molecule has 0 aliphatic carbocycles. The number of fused-ring (bicyclic) bond motifs is 1. The number of benzene rings is 2. The van der Waals surface area contributed by atoms with Crippen molar-refractivity contribution in [3.05, 3.63) is 70.0 Å². The monoisotopic (exact) mass is 474 g/mol. The number of nitrogens with zero attached hydrogens (tertiary/aromatic N) is 8. The molecule has 0 unspecified atom stereocenters. The fraction of sp³-hybridized carbons (Fsp3) is 0.261. The molecule has 0 saturated carbocycles. The first-order valence-electron chi connectivity index (χ1n) is 11.0. The van der Waals surface area contributed by atoms with Crippen molar-refractivity contribution in [1.82, 2.24) is 29.9 Å². The molecule has 0 atom stereocenters. The van der Waals surface area contributed by atoms with E-state index in [1.54, 1.807) is 35.7 Å². The highest BCUT2D eigenvalue weighted by Crippen LogP contribution is 2.26. The Labute approximate surface area is 199 Å². The van der Waals surface area contributed by atoms with Gasteiger partial charge in [0.1, 0.15) is 12.1 Å². The number of nitro benzene ring substituents is 1. The highest BCUT2D eigenvalue weighted by Gasteiger charge is 2.26. The molecule has 1 aliphatic heterocycles. The summed E-state index contributed by atoms with van der Waals surface area (Å²) in [5.74, 6) is 1.10. The van der Waals surface area contributed by atoms with Crippen molar-refractivity contribution in [3.63, 3.8) is 0 Å². The van der Waals surface area contributed by atoms with Crippen molar-refractivity contribution in [2.75, 3.05) is 38.2 Å². The quantitative estimate of drug-likeness (QED) is 0.316. The normalized spacial score (nSPS) is 13.8. The summed E-state index contributed by atoms with van der Waals surface area (Å²) in [5, 5.41) is 19.8. The maximum absolute atomic E-state index is 13.0. The van der Waals surface area contributed by atoms with Gasteiger partial charge in [-0.15, -0.1) is 5.10 Å². The van der Waals surface area contributed by atoms with Crippen LogP contribution in [0.5, 0.6) is 5.75 Å². The van der Waals surface area contributed by atoms with E-state index in [0.717, 1.165) is 5.69 Å². The lowest BCUT2D eigenvalue weighted by atomic mass is 10.1. The first kappa shape index (κ1) is 22.2. The minimum Gasteiger partial charge on any atom is -0.497 e. The maximum atomic E-state index is 13.0. The number of piperazine rings is 1. The van der Waals surface area contributed by atoms with Crippen molar-refractivity contribution in [2.45, 2.75) is 6.92 Å². The number of carbonyl (C=O) groups excluding carboxylic acids is 1. The van der Waals surface area contributed by atoms with E-state index in [0.29, 0.717) is 60.0 Å². The molecule has 3 heterocycles. The van der Waals surface area contributed by atoms with Gasteiger partial charge in [0.05, 0.1) is 17.7 Å². The molecule has 2 aromatic carbocycles. The van der Waals surface area contributed by atoms with E-state index in [1.165, 1.54) is 12.4 Å². The SMILES string of the molecule is COc1cccc(-n2nnc3c(N4CCN(C(=O)c5ccc(C)c([N+](=O)[O-])c5)CC4)ncnc32)c1. The number of hydrogen-bond acceptors (Lipinski definition) is 9. The number of rotatable bonds is 5. The van der Waals surface area contributed by atoms with Gasteiger partial charge in [-0.05, 0) is 25.1 Å². The van der Waals surface area contributed by atoms with Gasteiger partial charge in [0.25, 0.3) is 11.6 Å². The summed E-state index contributed by atoms with van der Waals surface area (Å²) >= 11 is 0. The average Bonchev–Trinajstić information content (AvgIpc) is 3.33. The number of amides is 1. The van der Waals surface area contributed by atoms with Gasteiger partial charge in [-0.3, -0.25) is 14.9 Å². The number of carbonyl (C=O) groups is 1. The second-order valence-corrected chi connectivity index (χ2v) is 8.11. The zero-order valence-electron chi connectivity index (χ0n) is 19.2. The second-order valence-electron chi connectivity index (χ2n) is 8.11. The van der Waals surface area contributed by atoms with E-state index >= 15 is 0 Å². The lowest BCUT2D eigenvalue weighted by molar-refractivity contribution is -0.385. The van der Waals surface area contributed by atoms with Crippen molar-refractivity contribution in [3.8, 4) is 11.4 Å². The molecule has 0 N–H and O–H groups in total. The first-order chi connectivity index (χ1) is 17.0. The number of ether oxygens (including phenoxy) is 1. The Morgan fingerprint density at radius 1 is 1.09 bits per heavy atom. The summed E-state index contributed by atoms with van der Waals surface area (Å²) in [7, 11) is 1.60. The number of hydrogen-bond donors (Lipinski definition) is 0. The summed E-state index contributed by atoms with van der Waals surface area (Å²) in [4.78, 5) is 36.3. The van der Waals surface area contributed by atoms with Gasteiger partial charge in [0.15, 0.2) is 17.0 Å². The highest BCUT2D eigenvalue weighted by molar-refractivity contribution is 5.95. The van der Waals surface area contributed by atoms with E-state index < -0.39 is 4.92 Å². The van der Waals surface area contributed by atoms with E-state index in [-0.39, 0.29) is 11.6 Å². The Balaban J connectivity index is 1.35. The van der Waals surface area contributed by atoms with Crippen LogP contribution in [0.2, 0.25) is 0 Å². The van der Waals surface area contributed by atoms with Crippen LogP contribution in [-0.2, 0) is 0 Å². The van der Waals surface area contributed by atoms with Crippen molar-refractivity contribution < 1.29 is 14.5 Å². The molecule has 178 valence electrons. The fourth-order valence-corrected chi connectivity index (χ4v) is 4.13. The number of aromatic nitrogens is 5. The molecule has 12 heteroatoms. The van der Waals surface area contributed by atoms with Crippen molar-refractivity contribution >= 4 is 28.6 Å². The summed E-state index contributed by atoms with van der Waals surface area (Å²) in [6.07, 6.45) is 1.47. The van der Waals surface area contributed by atoms with Gasteiger partial charge < -0.3 is 14.5 Å². The maximum Gasteiger partial charge on any atom is 0.273 e. The molecule has 1 aliphatic rings. The van der Waals surface area contributed by atoms with Gasteiger partial charge in [0, 0.05) is 49.4 Å². The lowest BCUT2D eigenvalue weighted by Crippen LogP contribution is -2.49. The molecule has 1 amide bonds. The van der Waals surface area contributed by atoms with E-state index in [9.17, 15) is 14.9 Å². The molecule has 0 radical (unpaired) electrons. The van der Waals surface area contributed by atoms with Gasteiger partial charge in [-0.2, -0.15) is 4.68 Å². The second kappa shape index (κ2) is 8.97. The van der Waals surface area contributed by atoms with Crippen LogP contribution in [0.25, 0.3) is 16.9 Å². The third kappa shape index (κ3) is 4.09. The minimum atomic E-state index is -0.469. The van der Waals surface area contributed by atoms with Crippen LogP contribution in [0, 0.1) is 17.0 Å². The molecule has 4 aromatic rings. The average molecular weight is 474 g/mol. The van der Waals surface area contributed by atoms with Crippen LogP contribution in [0.4, 0.5) is 11.5 Å². The summed E-state index contributed by atoms with van der Waals surface area (Å²) < 4.78 is 6.93. The Morgan fingerprint density at radius 2 is 1.89 bits per heavy atom. The van der Waals surface area contributed by atoms with Crippen LogP contribution in [0.3, 0.4) is 0 Å². The van der Waals surface area contributed by atoms with E-state index in [2.05, 4.69) is 20.3 Å². The molecular weight excluding hydrogens is 452 g/mol. The minimum absolute atomic E-state index is 0.0583. The standard InChI is InChI=1S/C23H22N8O4/c1-15-6-7-16(12-19(15)31(33)34)23(32)29-10-8-28(9-11-29)21-20-22(25-14-24-21)30(27-26-20)17-4-3-5-18(13-17)35-2/h3-7,12-14H,8-11H2,1-2H3.